The lowest BCUT2D eigenvalue weighted by atomic mass is 10.1. The SMILES string of the molecule is [CH2]CC(CCN(OC)OC)NCCN. The van der Waals surface area contributed by atoms with Crippen molar-refractivity contribution in [2.45, 2.75) is 18.9 Å². The highest BCUT2D eigenvalue weighted by Gasteiger charge is 2.08. The summed E-state index contributed by atoms with van der Waals surface area (Å²) in [4.78, 5) is 9.87. The van der Waals surface area contributed by atoms with E-state index in [1.54, 1.807) is 14.2 Å². The Morgan fingerprint density at radius 2 is 2.07 bits per heavy atom. The molecule has 0 spiro atoms. The highest BCUT2D eigenvalue weighted by molar-refractivity contribution is 4.68. The van der Waals surface area contributed by atoms with Gasteiger partial charge in [0.1, 0.15) is 0 Å². The van der Waals surface area contributed by atoms with Gasteiger partial charge in [-0.15, -0.1) is 0 Å². The van der Waals surface area contributed by atoms with Gasteiger partial charge in [0.15, 0.2) is 0 Å². The number of hydroxylamine groups is 2. The zero-order valence-electron chi connectivity index (χ0n) is 9.16. The van der Waals surface area contributed by atoms with Gasteiger partial charge in [0, 0.05) is 19.1 Å². The van der Waals surface area contributed by atoms with Crippen molar-refractivity contribution in [1.29, 1.82) is 0 Å². The van der Waals surface area contributed by atoms with E-state index in [1.807, 2.05) is 0 Å². The fraction of sp³-hybridized carbons (Fsp3) is 0.889. The minimum atomic E-state index is 0.367. The first-order chi connectivity index (χ1) is 6.78. The number of nitrogens with one attached hydrogen (secondary N) is 1. The Morgan fingerprint density at radius 3 is 2.50 bits per heavy atom. The van der Waals surface area contributed by atoms with E-state index < -0.39 is 0 Å². The van der Waals surface area contributed by atoms with Gasteiger partial charge in [-0.3, -0.25) is 9.68 Å². The van der Waals surface area contributed by atoms with E-state index in [1.165, 1.54) is 5.23 Å². The van der Waals surface area contributed by atoms with Crippen LogP contribution in [0.5, 0.6) is 0 Å². The van der Waals surface area contributed by atoms with Crippen molar-refractivity contribution in [3.05, 3.63) is 6.92 Å². The summed E-state index contributed by atoms with van der Waals surface area (Å²) in [6, 6.07) is 0.367. The van der Waals surface area contributed by atoms with Gasteiger partial charge in [-0.2, -0.15) is 0 Å². The Hall–Kier alpha value is -0.200. The highest BCUT2D eigenvalue weighted by Crippen LogP contribution is 2.00. The Kier molecular flexibility index (Phi) is 9.23. The lowest BCUT2D eigenvalue weighted by Gasteiger charge is -2.20. The van der Waals surface area contributed by atoms with Crippen LogP contribution < -0.4 is 11.1 Å². The summed E-state index contributed by atoms with van der Waals surface area (Å²) < 4.78 is 0. The van der Waals surface area contributed by atoms with E-state index in [4.69, 9.17) is 15.4 Å². The summed E-state index contributed by atoms with van der Waals surface area (Å²) in [5.74, 6) is 0. The number of hydrogen-bond acceptors (Lipinski definition) is 5. The van der Waals surface area contributed by atoms with Gasteiger partial charge in [0.2, 0.25) is 0 Å². The van der Waals surface area contributed by atoms with Crippen molar-refractivity contribution in [3.8, 4) is 0 Å². The summed E-state index contributed by atoms with van der Waals surface area (Å²) in [5, 5.41) is 4.73. The molecule has 0 saturated carbocycles. The molecular formula is C9H22N3O2. The molecule has 1 atom stereocenters. The molecule has 85 valence electrons. The molecule has 0 aliphatic carbocycles. The Morgan fingerprint density at radius 1 is 1.43 bits per heavy atom. The molecule has 0 saturated heterocycles. The van der Waals surface area contributed by atoms with Crippen molar-refractivity contribution < 1.29 is 9.68 Å². The third-order valence-electron chi connectivity index (χ3n) is 1.99. The fourth-order valence-electron chi connectivity index (χ4n) is 1.15. The Balaban J connectivity index is 3.59. The maximum atomic E-state index is 5.40. The smallest absolute Gasteiger partial charge is 0.0601 e. The summed E-state index contributed by atoms with van der Waals surface area (Å²) in [6.45, 7) is 6.05. The molecule has 0 rings (SSSR count). The van der Waals surface area contributed by atoms with Crippen LogP contribution in [0.2, 0.25) is 0 Å². The van der Waals surface area contributed by atoms with Crippen molar-refractivity contribution in [3.63, 3.8) is 0 Å². The molecule has 0 aliphatic rings. The van der Waals surface area contributed by atoms with Gasteiger partial charge in [-0.1, -0.05) is 12.2 Å². The summed E-state index contributed by atoms with van der Waals surface area (Å²) in [5.41, 5.74) is 5.40. The van der Waals surface area contributed by atoms with E-state index >= 15 is 0 Å². The molecule has 0 aromatic carbocycles. The molecule has 0 amide bonds. The average molecular weight is 204 g/mol. The van der Waals surface area contributed by atoms with Crippen LogP contribution in [0.4, 0.5) is 0 Å². The molecular weight excluding hydrogens is 182 g/mol. The van der Waals surface area contributed by atoms with Gasteiger partial charge in [0.05, 0.1) is 20.8 Å². The van der Waals surface area contributed by atoms with Crippen LogP contribution in [-0.4, -0.2) is 45.1 Å². The number of nitrogens with zero attached hydrogens (tertiary/aromatic N) is 1. The molecule has 5 nitrogen and oxygen atoms in total. The van der Waals surface area contributed by atoms with Gasteiger partial charge in [-0.05, 0) is 12.8 Å². The van der Waals surface area contributed by atoms with Crippen molar-refractivity contribution in [2.24, 2.45) is 5.73 Å². The molecule has 1 unspecified atom stereocenters. The first kappa shape index (κ1) is 13.8. The van der Waals surface area contributed by atoms with Crippen LogP contribution in [0.3, 0.4) is 0 Å². The predicted molar refractivity (Wildman–Crippen MR) is 56.2 cm³/mol. The molecule has 14 heavy (non-hydrogen) atoms. The first-order valence-corrected chi connectivity index (χ1v) is 4.86. The topological polar surface area (TPSA) is 59.8 Å². The van der Waals surface area contributed by atoms with Crippen LogP contribution in [0, 0.1) is 6.92 Å². The second-order valence-electron chi connectivity index (χ2n) is 2.94. The second kappa shape index (κ2) is 9.36. The summed E-state index contributed by atoms with van der Waals surface area (Å²) >= 11 is 0. The van der Waals surface area contributed by atoms with E-state index in [0.29, 0.717) is 19.1 Å². The van der Waals surface area contributed by atoms with E-state index in [9.17, 15) is 0 Å². The summed E-state index contributed by atoms with van der Waals surface area (Å²) in [6.07, 6.45) is 1.76. The van der Waals surface area contributed by atoms with Gasteiger partial charge in [-0.25, -0.2) is 0 Å². The summed E-state index contributed by atoms with van der Waals surface area (Å²) in [7, 11) is 3.16. The maximum Gasteiger partial charge on any atom is 0.0601 e. The Bertz CT molecular complexity index is 121. The third kappa shape index (κ3) is 6.28. The molecule has 0 fully saturated rings. The van der Waals surface area contributed by atoms with E-state index in [-0.39, 0.29) is 0 Å². The monoisotopic (exact) mass is 204 g/mol. The number of rotatable bonds is 9. The zero-order valence-corrected chi connectivity index (χ0v) is 9.16. The van der Waals surface area contributed by atoms with E-state index in [2.05, 4.69) is 12.2 Å². The molecule has 3 N–H and O–H groups in total. The normalized spacial score (nSPS) is 13.5. The van der Waals surface area contributed by atoms with Crippen molar-refractivity contribution in [2.75, 3.05) is 33.9 Å². The van der Waals surface area contributed by atoms with Crippen LogP contribution >= 0.6 is 0 Å². The molecule has 1 radical (unpaired) electrons. The van der Waals surface area contributed by atoms with Gasteiger partial charge in [0.25, 0.3) is 0 Å². The molecule has 0 aromatic rings. The molecule has 0 aromatic heterocycles. The fourth-order valence-corrected chi connectivity index (χ4v) is 1.15. The number of nitrogens with two attached hydrogens (primary N) is 1. The molecule has 0 aliphatic heterocycles. The van der Waals surface area contributed by atoms with Crippen LogP contribution in [0.1, 0.15) is 12.8 Å². The largest absolute Gasteiger partial charge is 0.329 e. The molecule has 5 heteroatoms. The lowest BCUT2D eigenvalue weighted by Crippen LogP contribution is -2.36. The molecule has 0 bridgehead atoms. The van der Waals surface area contributed by atoms with Crippen molar-refractivity contribution in [1.82, 2.24) is 10.5 Å². The van der Waals surface area contributed by atoms with Gasteiger partial charge >= 0.3 is 0 Å². The second-order valence-corrected chi connectivity index (χ2v) is 2.94. The minimum Gasteiger partial charge on any atom is -0.329 e. The first-order valence-electron chi connectivity index (χ1n) is 4.86. The molecule has 0 heterocycles. The van der Waals surface area contributed by atoms with Crippen LogP contribution in [-0.2, 0) is 9.68 Å². The predicted octanol–water partition coefficient (Wildman–Crippen LogP) is -0.0576. The zero-order chi connectivity index (χ0) is 10.8. The number of hydrogen-bond donors (Lipinski definition) is 2. The van der Waals surface area contributed by atoms with Crippen molar-refractivity contribution >= 4 is 0 Å². The third-order valence-corrected chi connectivity index (χ3v) is 1.99. The van der Waals surface area contributed by atoms with Crippen LogP contribution in [0.25, 0.3) is 0 Å². The maximum absolute atomic E-state index is 5.40. The highest BCUT2D eigenvalue weighted by atomic mass is 16.9. The average Bonchev–Trinajstić information content (AvgIpc) is 2.23. The van der Waals surface area contributed by atoms with E-state index in [0.717, 1.165) is 19.4 Å². The van der Waals surface area contributed by atoms with Gasteiger partial charge < -0.3 is 11.1 Å². The Labute approximate surface area is 86.4 Å². The lowest BCUT2D eigenvalue weighted by molar-refractivity contribution is -0.342. The van der Waals surface area contributed by atoms with Crippen LogP contribution in [0.15, 0.2) is 0 Å². The quantitative estimate of drug-likeness (QED) is 0.515. The minimum absolute atomic E-state index is 0.367. The standard InChI is InChI=1S/C9H22N3O2/c1-4-9(11-7-6-10)5-8-12(13-2)14-3/h9,11H,1,4-8,10H2,2-3H3.